The van der Waals surface area contributed by atoms with Crippen LogP contribution in [-0.4, -0.2) is 19.1 Å². The molecule has 18 heavy (non-hydrogen) atoms. The van der Waals surface area contributed by atoms with E-state index in [0.29, 0.717) is 18.1 Å². The van der Waals surface area contributed by atoms with Crippen molar-refractivity contribution in [1.82, 2.24) is 5.32 Å². The molecule has 0 saturated heterocycles. The molecule has 5 heteroatoms. The number of benzene rings is 1. The van der Waals surface area contributed by atoms with E-state index in [0.717, 1.165) is 5.56 Å². The summed E-state index contributed by atoms with van der Waals surface area (Å²) in [5.74, 6) is 0.125. The fourth-order valence-electron chi connectivity index (χ4n) is 1.51. The van der Waals surface area contributed by atoms with Gasteiger partial charge in [-0.15, -0.1) is 0 Å². The zero-order chi connectivity index (χ0) is 13.5. The molecule has 0 heterocycles. The zero-order valence-corrected chi connectivity index (χ0v) is 11.0. The van der Waals surface area contributed by atoms with E-state index < -0.39 is 0 Å². The molecule has 0 aliphatic heterocycles. The van der Waals surface area contributed by atoms with Gasteiger partial charge in [-0.2, -0.15) is 0 Å². The number of rotatable bonds is 5. The molecule has 0 unspecified atom stereocenters. The summed E-state index contributed by atoms with van der Waals surface area (Å²) in [4.78, 5) is 4.19. The lowest BCUT2D eigenvalue weighted by Crippen LogP contribution is -2.36. The Labute approximate surface area is 107 Å². The Morgan fingerprint density at radius 1 is 1.50 bits per heavy atom. The molecule has 1 rings (SSSR count). The van der Waals surface area contributed by atoms with Gasteiger partial charge >= 0.3 is 0 Å². The van der Waals surface area contributed by atoms with Gasteiger partial charge in [0.25, 0.3) is 0 Å². The van der Waals surface area contributed by atoms with Gasteiger partial charge in [-0.05, 0) is 31.5 Å². The fraction of sp³-hybridized carbons (Fsp3) is 0.462. The fourth-order valence-corrected chi connectivity index (χ4v) is 1.51. The maximum Gasteiger partial charge on any atom is 0.189 e. The second kappa shape index (κ2) is 6.96. The van der Waals surface area contributed by atoms with Gasteiger partial charge < -0.3 is 15.8 Å². The summed E-state index contributed by atoms with van der Waals surface area (Å²) in [7, 11) is 1.54. The van der Waals surface area contributed by atoms with Gasteiger partial charge in [-0.1, -0.05) is 6.07 Å². The molecule has 1 aromatic rings. The summed E-state index contributed by atoms with van der Waals surface area (Å²) in [6.45, 7) is 4.64. The van der Waals surface area contributed by atoms with E-state index in [4.69, 9.17) is 10.5 Å². The molecule has 100 valence electrons. The van der Waals surface area contributed by atoms with Crippen molar-refractivity contribution in [3.8, 4) is 0 Å². The van der Waals surface area contributed by atoms with E-state index >= 15 is 0 Å². The molecule has 0 aliphatic rings. The van der Waals surface area contributed by atoms with Gasteiger partial charge in [0.15, 0.2) is 5.96 Å². The highest BCUT2D eigenvalue weighted by molar-refractivity contribution is 5.78. The predicted molar refractivity (Wildman–Crippen MR) is 70.7 cm³/mol. The molecule has 4 nitrogen and oxygen atoms in total. The Balaban J connectivity index is 2.70. The smallest absolute Gasteiger partial charge is 0.189 e. The minimum atomic E-state index is -0.266. The van der Waals surface area contributed by atoms with Crippen LogP contribution >= 0.6 is 0 Å². The van der Waals surface area contributed by atoms with Crippen molar-refractivity contribution in [1.29, 1.82) is 0 Å². The van der Waals surface area contributed by atoms with Crippen molar-refractivity contribution in [3.63, 3.8) is 0 Å². The topological polar surface area (TPSA) is 59.6 Å². The average molecular weight is 253 g/mol. The average Bonchev–Trinajstić information content (AvgIpc) is 2.29. The molecule has 1 aromatic carbocycles. The third-order valence-electron chi connectivity index (χ3n) is 2.28. The summed E-state index contributed by atoms with van der Waals surface area (Å²) in [6.07, 6.45) is 0. The molecule has 0 aliphatic carbocycles. The van der Waals surface area contributed by atoms with Crippen LogP contribution in [0.25, 0.3) is 0 Å². The first-order chi connectivity index (χ1) is 8.52. The molecule has 0 amide bonds. The highest BCUT2D eigenvalue weighted by Crippen LogP contribution is 2.12. The molecular formula is C13H20FN3O. The number of hydrogen-bond donors (Lipinski definition) is 2. The first-order valence-corrected chi connectivity index (χ1v) is 5.85. The van der Waals surface area contributed by atoms with Gasteiger partial charge in [-0.25, -0.2) is 9.38 Å². The molecule has 3 N–H and O–H groups in total. The van der Waals surface area contributed by atoms with Crippen molar-refractivity contribution < 1.29 is 9.13 Å². The molecule has 0 bridgehead atoms. The molecule has 0 aromatic heterocycles. The Morgan fingerprint density at radius 3 is 2.83 bits per heavy atom. The molecule has 0 radical (unpaired) electrons. The monoisotopic (exact) mass is 253 g/mol. The third-order valence-corrected chi connectivity index (χ3v) is 2.28. The minimum Gasteiger partial charge on any atom is -0.380 e. The maximum absolute atomic E-state index is 13.4. The van der Waals surface area contributed by atoms with Crippen molar-refractivity contribution >= 4 is 5.96 Å². The maximum atomic E-state index is 13.4. The first-order valence-electron chi connectivity index (χ1n) is 5.85. The van der Waals surface area contributed by atoms with E-state index in [2.05, 4.69) is 10.3 Å². The highest BCUT2D eigenvalue weighted by atomic mass is 19.1. The van der Waals surface area contributed by atoms with E-state index in [1.807, 2.05) is 13.8 Å². The van der Waals surface area contributed by atoms with Gasteiger partial charge in [0, 0.05) is 18.7 Å². The van der Waals surface area contributed by atoms with E-state index in [1.165, 1.54) is 13.2 Å². The van der Waals surface area contributed by atoms with E-state index in [-0.39, 0.29) is 18.5 Å². The Hall–Kier alpha value is -1.62. The van der Waals surface area contributed by atoms with Crippen molar-refractivity contribution in [2.24, 2.45) is 10.7 Å². The Bertz CT molecular complexity index is 419. The zero-order valence-electron chi connectivity index (χ0n) is 11.0. The lowest BCUT2D eigenvalue weighted by Gasteiger charge is -2.09. The number of hydrogen-bond acceptors (Lipinski definition) is 2. The number of nitrogens with one attached hydrogen (secondary N) is 1. The van der Waals surface area contributed by atoms with Crippen LogP contribution in [0.1, 0.15) is 25.0 Å². The lowest BCUT2D eigenvalue weighted by atomic mass is 10.1. The van der Waals surface area contributed by atoms with Crippen molar-refractivity contribution in [2.75, 3.05) is 7.11 Å². The van der Waals surface area contributed by atoms with Crippen LogP contribution in [0.4, 0.5) is 4.39 Å². The Morgan fingerprint density at radius 2 is 2.22 bits per heavy atom. The molecule has 0 atom stereocenters. The van der Waals surface area contributed by atoms with E-state index in [9.17, 15) is 4.39 Å². The molecule has 0 fully saturated rings. The van der Waals surface area contributed by atoms with Crippen LogP contribution in [-0.2, 0) is 17.9 Å². The van der Waals surface area contributed by atoms with Crippen LogP contribution in [0.3, 0.4) is 0 Å². The Kier molecular flexibility index (Phi) is 5.58. The minimum absolute atomic E-state index is 0.242. The second-order valence-corrected chi connectivity index (χ2v) is 4.36. The third kappa shape index (κ3) is 4.71. The van der Waals surface area contributed by atoms with Crippen LogP contribution in [0.5, 0.6) is 0 Å². The summed E-state index contributed by atoms with van der Waals surface area (Å²) < 4.78 is 18.3. The number of ether oxygens (including phenoxy) is 1. The number of nitrogens with zero attached hydrogens (tertiary/aromatic N) is 1. The lowest BCUT2D eigenvalue weighted by molar-refractivity contribution is 0.181. The number of methoxy groups -OCH3 is 1. The number of guanidine groups is 1. The molecule has 0 spiro atoms. The number of halogens is 1. The second-order valence-electron chi connectivity index (χ2n) is 4.36. The summed E-state index contributed by atoms with van der Waals surface area (Å²) in [6, 6.07) is 5.10. The normalized spacial score (nSPS) is 11.9. The SMILES string of the molecule is COCc1cc(CN=C(N)NC(C)C)ccc1F. The summed E-state index contributed by atoms with van der Waals surface area (Å²) in [5.41, 5.74) is 7.12. The van der Waals surface area contributed by atoms with Crippen LogP contribution < -0.4 is 11.1 Å². The van der Waals surface area contributed by atoms with E-state index in [1.54, 1.807) is 12.1 Å². The van der Waals surface area contributed by atoms with Crippen LogP contribution in [0.15, 0.2) is 23.2 Å². The van der Waals surface area contributed by atoms with Gasteiger partial charge in [-0.3, -0.25) is 0 Å². The van der Waals surface area contributed by atoms with Crippen molar-refractivity contribution in [3.05, 3.63) is 35.1 Å². The van der Waals surface area contributed by atoms with Gasteiger partial charge in [0.2, 0.25) is 0 Å². The number of nitrogens with two attached hydrogens (primary N) is 1. The van der Waals surface area contributed by atoms with Gasteiger partial charge in [0.05, 0.1) is 13.2 Å². The summed E-state index contributed by atoms with van der Waals surface area (Å²) in [5, 5.41) is 2.99. The molecular weight excluding hydrogens is 233 g/mol. The predicted octanol–water partition coefficient (Wildman–Crippen LogP) is 1.78. The molecule has 0 saturated carbocycles. The largest absolute Gasteiger partial charge is 0.380 e. The van der Waals surface area contributed by atoms with Crippen LogP contribution in [0, 0.1) is 5.82 Å². The highest BCUT2D eigenvalue weighted by Gasteiger charge is 2.03. The van der Waals surface area contributed by atoms with Crippen molar-refractivity contribution in [2.45, 2.75) is 33.0 Å². The standard InChI is InChI=1S/C13H20FN3O/c1-9(2)17-13(15)16-7-10-4-5-12(14)11(6-10)8-18-3/h4-6,9H,7-8H2,1-3H3,(H3,15,16,17). The van der Waals surface area contributed by atoms with Gasteiger partial charge in [0.1, 0.15) is 5.82 Å². The summed E-state index contributed by atoms with van der Waals surface area (Å²) >= 11 is 0. The van der Waals surface area contributed by atoms with Crippen LogP contribution in [0.2, 0.25) is 0 Å². The first kappa shape index (κ1) is 14.4. The number of aliphatic imine (C=N–C) groups is 1. The quantitative estimate of drug-likeness (QED) is 0.621.